The first-order chi connectivity index (χ1) is 5.72. The number of carbonyl (C=O) groups excluding carboxylic acids is 1. The molecule has 3 nitrogen and oxygen atoms in total. The molecule has 0 aliphatic carbocycles. The highest BCUT2D eigenvalue weighted by Gasteiger charge is 1.98. The Kier molecular flexibility index (Phi) is 3.05. The second-order valence-electron chi connectivity index (χ2n) is 2.27. The summed E-state index contributed by atoms with van der Waals surface area (Å²) in [4.78, 5) is 14.7. The lowest BCUT2D eigenvalue weighted by Crippen LogP contribution is -2.09. The summed E-state index contributed by atoms with van der Waals surface area (Å²) in [5.74, 6) is -0.0303. The minimum Gasteiger partial charge on any atom is -0.326 e. The molecule has 1 N–H and O–H groups in total. The van der Waals surface area contributed by atoms with Crippen LogP contribution in [0.2, 0.25) is 5.15 Å². The van der Waals surface area contributed by atoms with Gasteiger partial charge in [-0.15, -0.1) is 0 Å². The highest BCUT2D eigenvalue weighted by atomic mass is 35.5. The zero-order valence-electron chi connectivity index (χ0n) is 6.67. The van der Waals surface area contributed by atoms with Gasteiger partial charge in [-0.25, -0.2) is 4.98 Å². The van der Waals surface area contributed by atoms with E-state index in [1.807, 2.05) is 0 Å². The van der Waals surface area contributed by atoms with E-state index in [2.05, 4.69) is 10.3 Å². The predicted octanol–water partition coefficient (Wildman–Crippen LogP) is 2.08. The van der Waals surface area contributed by atoms with E-state index in [1.165, 1.54) is 0 Å². The zero-order valence-corrected chi connectivity index (χ0v) is 7.43. The number of nitrogens with zero attached hydrogens (tertiary/aromatic N) is 1. The molecule has 1 amide bonds. The van der Waals surface area contributed by atoms with Crippen LogP contribution < -0.4 is 5.32 Å². The van der Waals surface area contributed by atoms with Gasteiger partial charge in [0.05, 0.1) is 0 Å². The summed E-state index contributed by atoms with van der Waals surface area (Å²) in [7, 11) is 0. The van der Waals surface area contributed by atoms with Gasteiger partial charge in [-0.1, -0.05) is 18.5 Å². The Morgan fingerprint density at radius 3 is 3.08 bits per heavy atom. The minimum absolute atomic E-state index is 0.0303. The number of amides is 1. The van der Waals surface area contributed by atoms with Crippen LogP contribution >= 0.6 is 11.6 Å². The van der Waals surface area contributed by atoms with E-state index in [1.54, 1.807) is 25.3 Å². The summed E-state index contributed by atoms with van der Waals surface area (Å²) in [6.45, 7) is 1.79. The van der Waals surface area contributed by atoms with Crippen LogP contribution in [0.25, 0.3) is 0 Å². The lowest BCUT2D eigenvalue weighted by Gasteiger charge is -2.01. The lowest BCUT2D eigenvalue weighted by atomic mass is 10.4. The molecule has 4 heteroatoms. The first-order valence-electron chi connectivity index (χ1n) is 3.63. The van der Waals surface area contributed by atoms with Crippen LogP contribution in [0.15, 0.2) is 18.3 Å². The van der Waals surface area contributed by atoms with E-state index in [0.717, 1.165) is 0 Å². The van der Waals surface area contributed by atoms with Crippen LogP contribution in [0.3, 0.4) is 0 Å². The highest BCUT2D eigenvalue weighted by Crippen LogP contribution is 2.11. The minimum atomic E-state index is -0.0303. The number of pyridine rings is 1. The van der Waals surface area contributed by atoms with Gasteiger partial charge in [-0.3, -0.25) is 4.79 Å². The first-order valence-corrected chi connectivity index (χ1v) is 4.01. The molecule has 0 spiro atoms. The fourth-order valence-corrected chi connectivity index (χ4v) is 0.903. The van der Waals surface area contributed by atoms with E-state index >= 15 is 0 Å². The molecule has 1 rings (SSSR count). The maximum absolute atomic E-state index is 10.9. The van der Waals surface area contributed by atoms with E-state index < -0.39 is 0 Å². The molecule has 1 aromatic rings. The Balaban J connectivity index is 2.69. The number of halogens is 1. The van der Waals surface area contributed by atoms with Gasteiger partial charge in [0, 0.05) is 18.3 Å². The van der Waals surface area contributed by atoms with Gasteiger partial charge in [0.2, 0.25) is 5.91 Å². The Morgan fingerprint density at radius 1 is 1.75 bits per heavy atom. The lowest BCUT2D eigenvalue weighted by molar-refractivity contribution is -0.115. The fraction of sp³-hybridized carbons (Fsp3) is 0.250. The number of aromatic nitrogens is 1. The Labute approximate surface area is 75.8 Å². The molecule has 0 aliphatic heterocycles. The maximum Gasteiger partial charge on any atom is 0.224 e. The summed E-state index contributed by atoms with van der Waals surface area (Å²) in [6.07, 6.45) is 2.01. The van der Waals surface area contributed by atoms with Gasteiger partial charge in [-0.2, -0.15) is 0 Å². The molecule has 1 aromatic heterocycles. The van der Waals surface area contributed by atoms with Gasteiger partial charge in [0.15, 0.2) is 0 Å². The van der Waals surface area contributed by atoms with Crippen LogP contribution in [-0.2, 0) is 4.79 Å². The predicted molar refractivity (Wildman–Crippen MR) is 48.2 cm³/mol. The summed E-state index contributed by atoms with van der Waals surface area (Å²) < 4.78 is 0. The molecule has 64 valence electrons. The largest absolute Gasteiger partial charge is 0.326 e. The molecular weight excluding hydrogens is 176 g/mol. The summed E-state index contributed by atoms with van der Waals surface area (Å²) in [5.41, 5.74) is 0.682. The second-order valence-corrected chi connectivity index (χ2v) is 2.66. The van der Waals surface area contributed by atoms with Crippen LogP contribution in [0.5, 0.6) is 0 Å². The van der Waals surface area contributed by atoms with Crippen molar-refractivity contribution in [3.8, 4) is 0 Å². The third-order valence-corrected chi connectivity index (χ3v) is 1.54. The Hall–Kier alpha value is -1.09. The van der Waals surface area contributed by atoms with Crippen LogP contribution in [0, 0.1) is 0 Å². The van der Waals surface area contributed by atoms with E-state index in [0.29, 0.717) is 17.3 Å². The highest BCUT2D eigenvalue weighted by molar-refractivity contribution is 6.29. The molecule has 0 atom stereocenters. The molecule has 0 saturated heterocycles. The van der Waals surface area contributed by atoms with Gasteiger partial charge in [0.25, 0.3) is 0 Å². The topological polar surface area (TPSA) is 42.0 Å². The standard InChI is InChI=1S/C8H9ClN2O/c1-2-8(12)11-6-3-4-10-7(9)5-6/h3-5H,2H2,1H3,(H,10,11,12). The molecule has 0 unspecified atom stereocenters. The quantitative estimate of drug-likeness (QED) is 0.716. The molecule has 0 aliphatic rings. The third-order valence-electron chi connectivity index (χ3n) is 1.33. The van der Waals surface area contributed by atoms with Crippen molar-refractivity contribution in [3.05, 3.63) is 23.5 Å². The summed E-state index contributed by atoms with van der Waals surface area (Å²) >= 11 is 5.61. The van der Waals surface area contributed by atoms with Crippen molar-refractivity contribution >= 4 is 23.2 Å². The number of carbonyl (C=O) groups is 1. The molecule has 12 heavy (non-hydrogen) atoms. The molecule has 0 saturated carbocycles. The van der Waals surface area contributed by atoms with E-state index in [9.17, 15) is 4.79 Å². The average molecular weight is 185 g/mol. The van der Waals surface area contributed by atoms with Crippen molar-refractivity contribution < 1.29 is 4.79 Å². The molecular formula is C8H9ClN2O. The normalized spacial score (nSPS) is 9.50. The van der Waals surface area contributed by atoms with Crippen LogP contribution in [0.1, 0.15) is 13.3 Å². The second kappa shape index (κ2) is 4.07. The van der Waals surface area contributed by atoms with Gasteiger partial charge < -0.3 is 5.32 Å². The first kappa shape index (κ1) is 9.00. The van der Waals surface area contributed by atoms with Crippen molar-refractivity contribution in [1.29, 1.82) is 0 Å². The van der Waals surface area contributed by atoms with Gasteiger partial charge >= 0.3 is 0 Å². The number of nitrogens with one attached hydrogen (secondary N) is 1. The van der Waals surface area contributed by atoms with E-state index in [-0.39, 0.29) is 5.91 Å². The van der Waals surface area contributed by atoms with Crippen molar-refractivity contribution in [2.75, 3.05) is 5.32 Å². The van der Waals surface area contributed by atoms with Crippen molar-refractivity contribution in [2.24, 2.45) is 0 Å². The Bertz CT molecular complexity index is 288. The van der Waals surface area contributed by atoms with Crippen molar-refractivity contribution in [2.45, 2.75) is 13.3 Å². The number of hydrogen-bond donors (Lipinski definition) is 1. The number of anilines is 1. The van der Waals surface area contributed by atoms with Gasteiger partial charge in [-0.05, 0) is 12.1 Å². The van der Waals surface area contributed by atoms with Crippen LogP contribution in [-0.4, -0.2) is 10.9 Å². The number of rotatable bonds is 2. The maximum atomic E-state index is 10.9. The molecule has 0 bridgehead atoms. The SMILES string of the molecule is CCC(=O)Nc1ccnc(Cl)c1. The third kappa shape index (κ3) is 2.51. The fourth-order valence-electron chi connectivity index (χ4n) is 0.730. The van der Waals surface area contributed by atoms with E-state index in [4.69, 9.17) is 11.6 Å². The smallest absolute Gasteiger partial charge is 0.224 e. The molecule has 0 fully saturated rings. The number of hydrogen-bond acceptors (Lipinski definition) is 2. The van der Waals surface area contributed by atoms with Crippen molar-refractivity contribution in [3.63, 3.8) is 0 Å². The van der Waals surface area contributed by atoms with Crippen LogP contribution in [0.4, 0.5) is 5.69 Å². The Morgan fingerprint density at radius 2 is 2.50 bits per heavy atom. The average Bonchev–Trinajstić information content (AvgIpc) is 2.04. The molecule has 1 heterocycles. The summed E-state index contributed by atoms with van der Waals surface area (Å²) in [6, 6.07) is 3.30. The monoisotopic (exact) mass is 184 g/mol. The van der Waals surface area contributed by atoms with Gasteiger partial charge in [0.1, 0.15) is 5.15 Å². The summed E-state index contributed by atoms with van der Waals surface area (Å²) in [5, 5.41) is 3.05. The van der Waals surface area contributed by atoms with Crippen molar-refractivity contribution in [1.82, 2.24) is 4.98 Å². The zero-order chi connectivity index (χ0) is 8.97. The molecule has 0 radical (unpaired) electrons. The molecule has 0 aromatic carbocycles.